The van der Waals surface area contributed by atoms with Crippen LogP contribution in [0.5, 0.6) is 0 Å². The van der Waals surface area contributed by atoms with Crippen LogP contribution >= 0.6 is 7.82 Å². The zero-order chi connectivity index (χ0) is 15.5. The monoisotopic (exact) mass is 328 g/mol. The molecule has 0 aromatic rings. The summed E-state index contributed by atoms with van der Waals surface area (Å²) in [6, 6.07) is 0. The van der Waals surface area contributed by atoms with Gasteiger partial charge in [-0.15, -0.1) is 0 Å². The Morgan fingerprint density at radius 1 is 1.50 bits per heavy atom. The Labute approximate surface area is 128 Å². The van der Waals surface area contributed by atoms with Gasteiger partial charge in [0.25, 0.3) is 0 Å². The topological polar surface area (TPSA) is 134 Å². The second kappa shape index (κ2) is 4.95. The number of aliphatic hydroxyl groups excluding tert-OH is 1. The summed E-state index contributed by atoms with van der Waals surface area (Å²) in [4.78, 5) is 15.6. The first kappa shape index (κ1) is 14.5. The number of rotatable bonds is 1. The molecule has 0 aliphatic carbocycles. The normalized spacial score (nSPS) is 44.1. The van der Waals surface area contributed by atoms with Crippen molar-refractivity contribution in [3.05, 3.63) is 11.5 Å². The maximum absolute atomic E-state index is 10.5. The summed E-state index contributed by atoms with van der Waals surface area (Å²) < 4.78 is 16.1. The van der Waals surface area contributed by atoms with Gasteiger partial charge in [-0.25, -0.2) is 9.89 Å². The summed E-state index contributed by atoms with van der Waals surface area (Å²) in [5.41, 5.74) is 6.57. The van der Waals surface area contributed by atoms with Gasteiger partial charge >= 0.3 is 15.4 Å². The van der Waals surface area contributed by atoms with Crippen LogP contribution < -0.4 is 16.4 Å². The highest BCUT2D eigenvalue weighted by Crippen LogP contribution is 2.58. The molecule has 5 atom stereocenters. The Bertz CT molecular complexity index is 560. The summed E-state index contributed by atoms with van der Waals surface area (Å²) in [6.45, 7) is 0.946. The molecule has 0 spiro atoms. The number of hydrogen-bond acceptors (Lipinski definition) is 10. The molecule has 3 unspecified atom stereocenters. The molecule has 118 valence electrons. The van der Waals surface area contributed by atoms with Crippen molar-refractivity contribution in [2.45, 2.75) is 24.5 Å². The van der Waals surface area contributed by atoms with Crippen molar-refractivity contribution in [3.63, 3.8) is 0 Å². The van der Waals surface area contributed by atoms with Gasteiger partial charge < -0.3 is 31.1 Å². The van der Waals surface area contributed by atoms with E-state index in [2.05, 4.69) is 15.6 Å². The van der Waals surface area contributed by atoms with Gasteiger partial charge in [0, 0.05) is 0 Å². The second-order valence-electron chi connectivity index (χ2n) is 5.44. The van der Waals surface area contributed by atoms with Crippen molar-refractivity contribution in [1.82, 2.24) is 15.5 Å². The van der Waals surface area contributed by atoms with Crippen LogP contribution in [0.2, 0.25) is 0 Å². The van der Waals surface area contributed by atoms with Crippen molar-refractivity contribution < 1.29 is 23.8 Å². The molecule has 0 aromatic carbocycles. The standard InChI is InChI=1S/C10H16BN5O5P/c11-22(18)19-2-5-7(21-22)6(17)9(20-5)16-3-14-4-1-13-10(12)15-8(4)16/h5-7,9,14,17-18H,1-3H2,(H3,12,13,15)/q+1/t5-,6?,7-,9?,22?/m1/s1. The van der Waals surface area contributed by atoms with Gasteiger partial charge in [0.2, 0.25) is 0 Å². The number of fused-ring (bicyclic) bond motifs is 1. The minimum Gasteiger partial charge on any atom is -0.385 e. The summed E-state index contributed by atoms with van der Waals surface area (Å²) >= 11 is 0. The number of aliphatic imine (C=N–C) groups is 1. The van der Waals surface area contributed by atoms with E-state index in [0.29, 0.717) is 25.0 Å². The van der Waals surface area contributed by atoms with E-state index >= 15 is 0 Å². The first-order chi connectivity index (χ1) is 10.4. The first-order valence-corrected chi connectivity index (χ1v) is 8.47. The largest absolute Gasteiger partial charge is 0.488 e. The fraction of sp³-hybridized carbons (Fsp3) is 0.700. The molecular weight excluding hydrogens is 312 g/mol. The minimum absolute atomic E-state index is 0.0726. The Balaban J connectivity index is 1.54. The van der Waals surface area contributed by atoms with Crippen LogP contribution in [0.15, 0.2) is 16.5 Å². The summed E-state index contributed by atoms with van der Waals surface area (Å²) in [6.07, 6.45) is -2.89. The predicted octanol–water partition coefficient (Wildman–Crippen LogP) is -2.72. The van der Waals surface area contributed by atoms with E-state index in [1.807, 2.05) is 0 Å². The van der Waals surface area contributed by atoms with E-state index in [0.717, 1.165) is 5.70 Å². The van der Waals surface area contributed by atoms with E-state index in [-0.39, 0.29) is 6.61 Å². The molecule has 0 bridgehead atoms. The predicted molar refractivity (Wildman–Crippen MR) is 76.9 cm³/mol. The summed E-state index contributed by atoms with van der Waals surface area (Å²) in [7, 11) is 2.11. The molecule has 2 saturated heterocycles. The molecule has 4 rings (SSSR count). The first-order valence-electron chi connectivity index (χ1n) is 6.82. The SMILES string of the molecule is [B][P+]1(O)OC[C@H]2OC(N3CNC4=C3NC(N)=NC4)C(O)[C@@H]2O1. The molecule has 4 aliphatic rings. The number of nitrogens with one attached hydrogen (secondary N) is 2. The van der Waals surface area contributed by atoms with E-state index in [9.17, 15) is 10.00 Å². The van der Waals surface area contributed by atoms with E-state index in [1.54, 1.807) is 4.90 Å². The summed E-state index contributed by atoms with van der Waals surface area (Å²) in [5, 5.41) is 16.6. The molecule has 10 nitrogen and oxygen atoms in total. The van der Waals surface area contributed by atoms with Gasteiger partial charge in [0.1, 0.15) is 24.6 Å². The Kier molecular flexibility index (Phi) is 3.26. The van der Waals surface area contributed by atoms with E-state index in [4.69, 9.17) is 27.1 Å². The van der Waals surface area contributed by atoms with Crippen molar-refractivity contribution in [2.24, 2.45) is 10.7 Å². The summed E-state index contributed by atoms with van der Waals surface area (Å²) in [5.74, 6) is 1.02. The van der Waals surface area contributed by atoms with Crippen LogP contribution in [0.1, 0.15) is 0 Å². The van der Waals surface area contributed by atoms with Crippen molar-refractivity contribution in [1.29, 1.82) is 0 Å². The smallest absolute Gasteiger partial charge is 0.385 e. The van der Waals surface area contributed by atoms with Gasteiger partial charge in [-0.1, -0.05) is 0 Å². The maximum Gasteiger partial charge on any atom is 0.488 e. The molecule has 0 saturated carbocycles. The van der Waals surface area contributed by atoms with Crippen LogP contribution in [0, 0.1) is 0 Å². The van der Waals surface area contributed by atoms with Crippen LogP contribution in [0.25, 0.3) is 0 Å². The van der Waals surface area contributed by atoms with Crippen LogP contribution in [-0.4, -0.2) is 72.8 Å². The Morgan fingerprint density at radius 2 is 2.32 bits per heavy atom. The van der Waals surface area contributed by atoms with E-state index < -0.39 is 32.4 Å². The van der Waals surface area contributed by atoms with Crippen molar-refractivity contribution in [2.75, 3.05) is 19.8 Å². The lowest BCUT2D eigenvalue weighted by molar-refractivity contribution is -0.0856. The fourth-order valence-corrected chi connectivity index (χ4v) is 3.99. The lowest BCUT2D eigenvalue weighted by atomic mass is 10.1. The average molecular weight is 328 g/mol. The molecule has 2 fully saturated rings. The molecule has 22 heavy (non-hydrogen) atoms. The molecule has 4 heterocycles. The fourth-order valence-electron chi connectivity index (χ4n) is 2.96. The highest BCUT2D eigenvalue weighted by atomic mass is 31.2. The van der Waals surface area contributed by atoms with Gasteiger partial charge in [0.05, 0.1) is 18.9 Å². The van der Waals surface area contributed by atoms with Gasteiger partial charge in [-0.05, 0) is 0 Å². The van der Waals surface area contributed by atoms with Crippen LogP contribution in [0.4, 0.5) is 0 Å². The lowest BCUT2D eigenvalue weighted by Gasteiger charge is -2.30. The molecule has 6 N–H and O–H groups in total. The Hall–Kier alpha value is -1.10. The number of hydrogen-bond donors (Lipinski definition) is 5. The van der Waals surface area contributed by atoms with Crippen molar-refractivity contribution >= 4 is 21.3 Å². The zero-order valence-corrected chi connectivity index (χ0v) is 12.4. The third kappa shape index (κ3) is 2.25. The van der Waals surface area contributed by atoms with Gasteiger partial charge in [-0.2, -0.15) is 9.05 Å². The number of nitrogens with zero attached hydrogens (tertiary/aromatic N) is 2. The molecule has 12 heteroatoms. The minimum atomic E-state index is -3.38. The third-order valence-electron chi connectivity index (χ3n) is 4.00. The number of nitrogens with two attached hydrogens (primary N) is 1. The molecular formula is C10H16BN5O5P+. The average Bonchev–Trinajstić information content (AvgIpc) is 3.00. The third-order valence-corrected chi connectivity index (χ3v) is 5.07. The number of ether oxygens (including phenoxy) is 1. The molecule has 4 aliphatic heterocycles. The highest BCUT2D eigenvalue weighted by molar-refractivity contribution is 7.85. The lowest BCUT2D eigenvalue weighted by Crippen LogP contribution is -2.48. The second-order valence-corrected chi connectivity index (χ2v) is 7.04. The number of guanidine groups is 1. The van der Waals surface area contributed by atoms with Gasteiger partial charge in [-0.3, -0.25) is 0 Å². The molecule has 0 amide bonds. The van der Waals surface area contributed by atoms with Crippen LogP contribution in [0.3, 0.4) is 0 Å². The number of aliphatic hydroxyl groups is 1. The zero-order valence-electron chi connectivity index (χ0n) is 11.5. The van der Waals surface area contributed by atoms with Crippen molar-refractivity contribution in [3.8, 4) is 0 Å². The quantitative estimate of drug-likeness (QED) is 0.257. The molecule has 2 radical (unpaired) electrons. The molecule has 0 aromatic heterocycles. The highest BCUT2D eigenvalue weighted by Gasteiger charge is 2.58. The van der Waals surface area contributed by atoms with Crippen LogP contribution in [-0.2, 0) is 13.8 Å². The Morgan fingerprint density at radius 3 is 3.14 bits per heavy atom. The van der Waals surface area contributed by atoms with Gasteiger partial charge in [0.15, 0.2) is 18.3 Å². The van der Waals surface area contributed by atoms with E-state index in [1.165, 1.54) is 0 Å². The maximum atomic E-state index is 10.5.